The molecule has 20 heavy (non-hydrogen) atoms. The van der Waals surface area contributed by atoms with Crippen LogP contribution in [-0.2, 0) is 4.79 Å². The third-order valence-electron chi connectivity index (χ3n) is 3.83. The van der Waals surface area contributed by atoms with E-state index in [9.17, 15) is 4.79 Å². The standard InChI is InChI=1S/C17H22N2O/c1-13(19-17(20)16-6-2-3-7-16)15-10-8-14(9-11-15)5-4-12-18/h8-11,13,16H,2-3,6-7,12,18H2,1H3,(H,19,20). The molecule has 0 aliphatic heterocycles. The molecule has 0 aromatic heterocycles. The van der Waals surface area contributed by atoms with Gasteiger partial charge in [0.1, 0.15) is 0 Å². The molecular weight excluding hydrogens is 248 g/mol. The van der Waals surface area contributed by atoms with Crippen molar-refractivity contribution in [2.24, 2.45) is 11.7 Å². The summed E-state index contributed by atoms with van der Waals surface area (Å²) in [4.78, 5) is 12.1. The number of nitrogens with two attached hydrogens (primary N) is 1. The van der Waals surface area contributed by atoms with Gasteiger partial charge in [-0.2, -0.15) is 0 Å². The van der Waals surface area contributed by atoms with Gasteiger partial charge in [0.2, 0.25) is 5.91 Å². The summed E-state index contributed by atoms with van der Waals surface area (Å²) < 4.78 is 0. The molecule has 1 aliphatic rings. The Morgan fingerprint density at radius 2 is 2.00 bits per heavy atom. The summed E-state index contributed by atoms with van der Waals surface area (Å²) in [5.74, 6) is 6.24. The van der Waals surface area contributed by atoms with E-state index in [-0.39, 0.29) is 17.9 Å². The highest BCUT2D eigenvalue weighted by Crippen LogP contribution is 2.25. The molecule has 1 aromatic carbocycles. The summed E-state index contributed by atoms with van der Waals surface area (Å²) in [6.45, 7) is 2.39. The number of rotatable bonds is 3. The first kappa shape index (κ1) is 14.6. The number of hydrogen-bond donors (Lipinski definition) is 2. The second kappa shape index (κ2) is 7.12. The first-order valence-corrected chi connectivity index (χ1v) is 7.30. The van der Waals surface area contributed by atoms with E-state index in [1.165, 1.54) is 12.8 Å². The van der Waals surface area contributed by atoms with Crippen LogP contribution in [0, 0.1) is 17.8 Å². The van der Waals surface area contributed by atoms with Crippen molar-refractivity contribution in [3.05, 3.63) is 35.4 Å². The van der Waals surface area contributed by atoms with E-state index in [0.29, 0.717) is 6.54 Å². The molecule has 1 aromatic rings. The Bertz CT molecular complexity index is 504. The Balaban J connectivity index is 1.94. The topological polar surface area (TPSA) is 55.1 Å². The van der Waals surface area contributed by atoms with Gasteiger partial charge < -0.3 is 11.1 Å². The van der Waals surface area contributed by atoms with Gasteiger partial charge in [-0.25, -0.2) is 0 Å². The highest BCUT2D eigenvalue weighted by Gasteiger charge is 2.23. The number of carbonyl (C=O) groups is 1. The number of hydrogen-bond acceptors (Lipinski definition) is 2. The van der Waals surface area contributed by atoms with Gasteiger partial charge >= 0.3 is 0 Å². The number of nitrogens with one attached hydrogen (secondary N) is 1. The lowest BCUT2D eigenvalue weighted by Gasteiger charge is -2.17. The minimum Gasteiger partial charge on any atom is -0.349 e. The van der Waals surface area contributed by atoms with Crippen molar-refractivity contribution in [1.29, 1.82) is 0 Å². The summed E-state index contributed by atoms with van der Waals surface area (Å²) in [5.41, 5.74) is 7.41. The van der Waals surface area contributed by atoms with Crippen molar-refractivity contribution in [2.45, 2.75) is 38.6 Å². The minimum atomic E-state index is 0.0413. The van der Waals surface area contributed by atoms with Crippen LogP contribution in [0.25, 0.3) is 0 Å². The molecule has 0 spiro atoms. The normalized spacial score (nSPS) is 16.3. The average Bonchev–Trinajstić information content (AvgIpc) is 3.00. The fourth-order valence-electron chi connectivity index (χ4n) is 2.61. The summed E-state index contributed by atoms with van der Waals surface area (Å²) >= 11 is 0. The molecule has 0 bridgehead atoms. The molecule has 1 unspecified atom stereocenters. The zero-order valence-corrected chi connectivity index (χ0v) is 12.0. The second-order valence-electron chi connectivity index (χ2n) is 5.34. The van der Waals surface area contributed by atoms with E-state index in [1.54, 1.807) is 0 Å². The highest BCUT2D eigenvalue weighted by atomic mass is 16.1. The zero-order valence-electron chi connectivity index (χ0n) is 12.0. The fraction of sp³-hybridized carbons (Fsp3) is 0.471. The Morgan fingerprint density at radius 1 is 1.35 bits per heavy atom. The molecule has 1 amide bonds. The van der Waals surface area contributed by atoms with Gasteiger partial charge in [0.15, 0.2) is 0 Å². The quantitative estimate of drug-likeness (QED) is 0.828. The Kier molecular flexibility index (Phi) is 5.20. The highest BCUT2D eigenvalue weighted by molar-refractivity contribution is 5.79. The first-order chi connectivity index (χ1) is 9.70. The SMILES string of the molecule is CC(NC(=O)C1CCCC1)c1ccc(C#CCN)cc1. The van der Waals surface area contributed by atoms with Gasteiger partial charge in [0.05, 0.1) is 12.6 Å². The molecule has 3 nitrogen and oxygen atoms in total. The van der Waals surface area contributed by atoms with Gasteiger partial charge in [0, 0.05) is 11.5 Å². The fourth-order valence-corrected chi connectivity index (χ4v) is 2.61. The van der Waals surface area contributed by atoms with Crippen LogP contribution in [0.2, 0.25) is 0 Å². The van der Waals surface area contributed by atoms with Crippen molar-refractivity contribution < 1.29 is 4.79 Å². The lowest BCUT2D eigenvalue weighted by atomic mass is 10.0. The molecule has 2 rings (SSSR count). The van der Waals surface area contributed by atoms with Gasteiger partial charge in [0.25, 0.3) is 0 Å². The van der Waals surface area contributed by atoms with E-state index < -0.39 is 0 Å². The molecule has 0 heterocycles. The number of amides is 1. The summed E-state index contributed by atoms with van der Waals surface area (Å²) in [6, 6.07) is 8.01. The summed E-state index contributed by atoms with van der Waals surface area (Å²) in [6.07, 6.45) is 4.43. The number of carbonyl (C=O) groups excluding carboxylic acids is 1. The second-order valence-corrected chi connectivity index (χ2v) is 5.34. The Labute approximate surface area is 120 Å². The van der Waals surface area contributed by atoms with Crippen LogP contribution >= 0.6 is 0 Å². The number of benzene rings is 1. The van der Waals surface area contributed by atoms with Crippen molar-refractivity contribution in [1.82, 2.24) is 5.32 Å². The van der Waals surface area contributed by atoms with Gasteiger partial charge in [-0.3, -0.25) is 4.79 Å². The predicted octanol–water partition coefficient (Wildman–Crippen LogP) is 2.36. The molecule has 3 heteroatoms. The molecule has 1 saturated carbocycles. The molecule has 1 fully saturated rings. The molecule has 0 radical (unpaired) electrons. The monoisotopic (exact) mass is 270 g/mol. The van der Waals surface area contributed by atoms with E-state index in [4.69, 9.17) is 5.73 Å². The van der Waals surface area contributed by atoms with E-state index in [1.807, 2.05) is 31.2 Å². The Hall–Kier alpha value is -1.79. The van der Waals surface area contributed by atoms with Gasteiger partial charge in [-0.1, -0.05) is 36.8 Å². The van der Waals surface area contributed by atoms with Gasteiger partial charge in [-0.15, -0.1) is 0 Å². The Morgan fingerprint density at radius 3 is 2.60 bits per heavy atom. The van der Waals surface area contributed by atoms with E-state index in [2.05, 4.69) is 17.2 Å². The lowest BCUT2D eigenvalue weighted by molar-refractivity contribution is -0.125. The van der Waals surface area contributed by atoms with Crippen LogP contribution in [0.1, 0.15) is 49.8 Å². The summed E-state index contributed by atoms with van der Waals surface area (Å²) in [5, 5.41) is 3.11. The van der Waals surface area contributed by atoms with Crippen LogP contribution in [0.15, 0.2) is 24.3 Å². The van der Waals surface area contributed by atoms with Crippen LogP contribution in [0.3, 0.4) is 0 Å². The van der Waals surface area contributed by atoms with Crippen molar-refractivity contribution in [2.75, 3.05) is 6.54 Å². The van der Waals surface area contributed by atoms with Crippen LogP contribution in [-0.4, -0.2) is 12.5 Å². The molecule has 106 valence electrons. The van der Waals surface area contributed by atoms with Crippen molar-refractivity contribution in [3.63, 3.8) is 0 Å². The van der Waals surface area contributed by atoms with Crippen LogP contribution in [0.4, 0.5) is 0 Å². The average molecular weight is 270 g/mol. The molecule has 0 saturated heterocycles. The van der Waals surface area contributed by atoms with Crippen LogP contribution < -0.4 is 11.1 Å². The molecular formula is C17H22N2O. The maximum absolute atomic E-state index is 12.1. The maximum atomic E-state index is 12.1. The first-order valence-electron chi connectivity index (χ1n) is 7.30. The molecule has 1 atom stereocenters. The molecule has 3 N–H and O–H groups in total. The third-order valence-corrected chi connectivity index (χ3v) is 3.83. The smallest absolute Gasteiger partial charge is 0.223 e. The predicted molar refractivity (Wildman–Crippen MR) is 80.9 cm³/mol. The van der Waals surface area contributed by atoms with Crippen molar-refractivity contribution in [3.8, 4) is 11.8 Å². The third kappa shape index (κ3) is 3.85. The minimum absolute atomic E-state index is 0.0413. The van der Waals surface area contributed by atoms with E-state index in [0.717, 1.165) is 24.0 Å². The molecule has 1 aliphatic carbocycles. The largest absolute Gasteiger partial charge is 0.349 e. The van der Waals surface area contributed by atoms with Crippen LogP contribution in [0.5, 0.6) is 0 Å². The van der Waals surface area contributed by atoms with Crippen molar-refractivity contribution >= 4 is 5.91 Å². The van der Waals surface area contributed by atoms with E-state index >= 15 is 0 Å². The van der Waals surface area contributed by atoms with Gasteiger partial charge in [-0.05, 0) is 37.5 Å². The zero-order chi connectivity index (χ0) is 14.4. The summed E-state index contributed by atoms with van der Waals surface area (Å²) in [7, 11) is 0. The lowest BCUT2D eigenvalue weighted by Crippen LogP contribution is -2.31. The maximum Gasteiger partial charge on any atom is 0.223 e.